The van der Waals surface area contributed by atoms with Crippen LogP contribution in [0.3, 0.4) is 0 Å². The maximum Gasteiger partial charge on any atom is 0.316 e. The second-order valence-electron chi connectivity index (χ2n) is 17.9. The van der Waals surface area contributed by atoms with Gasteiger partial charge in [0.25, 0.3) is 0 Å². The average molecular weight is 1070 g/mol. The van der Waals surface area contributed by atoms with Crippen molar-refractivity contribution in [2.24, 2.45) is 17.8 Å². The molecule has 0 radical (unpaired) electrons. The lowest BCUT2D eigenvalue weighted by Crippen LogP contribution is -2.39. The quantitative estimate of drug-likeness (QED) is 0.0229. The lowest BCUT2D eigenvalue weighted by molar-refractivity contribution is -0.152. The number of benzene rings is 5. The summed E-state index contributed by atoms with van der Waals surface area (Å²) in [6.07, 6.45) is 11.6. The normalized spacial score (nSPS) is 11.8. The van der Waals surface area contributed by atoms with Crippen LogP contribution in [0, 0.1) is 17.8 Å². The number of carbonyl (C=O) groups excluding carboxylic acids is 3. The molecule has 0 saturated carbocycles. The predicted molar refractivity (Wildman–Crippen MR) is 296 cm³/mol. The van der Waals surface area contributed by atoms with Crippen LogP contribution in [0.4, 0.5) is 5.69 Å². The minimum absolute atomic E-state index is 0.264. The highest BCUT2D eigenvalue weighted by Crippen LogP contribution is 2.20. The van der Waals surface area contributed by atoms with Gasteiger partial charge in [-0.1, -0.05) is 158 Å². The minimum atomic E-state index is -1.08. The molecule has 0 aliphatic rings. The van der Waals surface area contributed by atoms with Crippen LogP contribution in [0.5, 0.6) is 0 Å². The standard InChI is InChI=1S/C21H24ClNO3.C20H22ClNO3.C18H26ClNO3/c22-18-13-11-16(12-14-18)7-3-2-6-10-19(21(25)26)20(24)23-15-17-8-4-1-5-9-17;21-16-13-11-15(12-14-16)7-3-1-6-10-18(20(24)25)19(23)22-17-8-4-2-5-9-17;1-3-20(4-2)17(21)16(18(22)23)9-7-5-6-8-14-10-12-15(19)13-11-14/h1,4-5,8-9,11-14,19H,2-3,6-7,10,15H2,(H,23,24)(H,25,26);2,4-5,8-9,11-14,18H,1,3,6-7,10H2,(H,22,23)(H,24,25);10-13,16H,3-9H2,1-2H3,(H,22,23). The van der Waals surface area contributed by atoms with Gasteiger partial charge in [0.2, 0.25) is 17.7 Å². The molecule has 5 aromatic carbocycles. The van der Waals surface area contributed by atoms with E-state index in [0.717, 1.165) is 84.8 Å². The van der Waals surface area contributed by atoms with Crippen molar-refractivity contribution in [3.63, 3.8) is 0 Å². The first kappa shape index (κ1) is 62.1. The number of halogens is 3. The number of hydrogen-bond acceptors (Lipinski definition) is 6. The van der Waals surface area contributed by atoms with Gasteiger partial charge in [0.15, 0.2) is 0 Å². The summed E-state index contributed by atoms with van der Waals surface area (Å²) in [6, 6.07) is 41.6. The third-order valence-electron chi connectivity index (χ3n) is 12.4. The third kappa shape index (κ3) is 25.1. The zero-order chi connectivity index (χ0) is 54.1. The van der Waals surface area contributed by atoms with E-state index in [1.807, 2.05) is 123 Å². The number of para-hydroxylation sites is 1. The first-order valence-electron chi connectivity index (χ1n) is 25.5. The van der Waals surface area contributed by atoms with Gasteiger partial charge >= 0.3 is 17.9 Å². The van der Waals surface area contributed by atoms with Crippen LogP contribution in [-0.2, 0) is 54.6 Å². The number of carboxylic acids is 3. The van der Waals surface area contributed by atoms with Crippen molar-refractivity contribution in [2.45, 2.75) is 117 Å². The number of rotatable bonds is 29. The topological polar surface area (TPSA) is 190 Å². The largest absolute Gasteiger partial charge is 0.481 e. The number of carboxylic acid groups (broad SMARTS) is 3. The van der Waals surface area contributed by atoms with Crippen molar-refractivity contribution in [3.05, 3.63) is 171 Å². The van der Waals surface area contributed by atoms with Crippen molar-refractivity contribution in [2.75, 3.05) is 18.4 Å². The van der Waals surface area contributed by atoms with Gasteiger partial charge in [0.05, 0.1) is 0 Å². The predicted octanol–water partition coefficient (Wildman–Crippen LogP) is 13.3. The third-order valence-corrected chi connectivity index (χ3v) is 13.1. The highest BCUT2D eigenvalue weighted by atomic mass is 35.5. The summed E-state index contributed by atoms with van der Waals surface area (Å²) in [7, 11) is 0. The van der Waals surface area contributed by atoms with E-state index in [1.165, 1.54) is 16.7 Å². The van der Waals surface area contributed by atoms with Crippen LogP contribution in [-0.4, -0.2) is 68.9 Å². The Bertz CT molecular complexity index is 2420. The zero-order valence-corrected chi connectivity index (χ0v) is 44.8. The van der Waals surface area contributed by atoms with Crippen LogP contribution in [0.25, 0.3) is 0 Å². The van der Waals surface area contributed by atoms with Crippen LogP contribution in [0.1, 0.15) is 113 Å². The summed E-state index contributed by atoms with van der Waals surface area (Å²) < 4.78 is 0. The van der Waals surface area contributed by atoms with Gasteiger partial charge in [0, 0.05) is 40.4 Å². The number of anilines is 1. The molecular weight excluding hydrogens is 1000 g/mol. The summed E-state index contributed by atoms with van der Waals surface area (Å²) in [5.41, 5.74) is 5.21. The Morgan fingerprint density at radius 1 is 0.432 bits per heavy atom. The van der Waals surface area contributed by atoms with Crippen LogP contribution in [0.15, 0.2) is 133 Å². The van der Waals surface area contributed by atoms with E-state index in [9.17, 15) is 44.1 Å². The Kier molecular flexibility index (Phi) is 30.1. The molecule has 5 rings (SSSR count). The molecule has 0 aliphatic carbocycles. The summed E-state index contributed by atoms with van der Waals surface area (Å²) >= 11 is 17.6. The van der Waals surface area contributed by atoms with Gasteiger partial charge in [-0.15, -0.1) is 0 Å². The number of hydrogen-bond donors (Lipinski definition) is 5. The van der Waals surface area contributed by atoms with Gasteiger partial charge in [-0.05, 0) is 142 Å². The highest BCUT2D eigenvalue weighted by molar-refractivity contribution is 6.31. The molecule has 398 valence electrons. The van der Waals surface area contributed by atoms with Gasteiger partial charge in [-0.3, -0.25) is 28.8 Å². The maximum absolute atomic E-state index is 12.2. The van der Waals surface area contributed by atoms with Crippen molar-refractivity contribution >= 4 is 76.1 Å². The lowest BCUT2D eigenvalue weighted by Gasteiger charge is -2.22. The Labute approximate surface area is 451 Å². The second kappa shape index (κ2) is 35.9. The molecule has 0 aromatic heterocycles. The first-order valence-corrected chi connectivity index (χ1v) is 26.6. The Morgan fingerprint density at radius 3 is 1.15 bits per heavy atom. The van der Waals surface area contributed by atoms with Crippen molar-refractivity contribution in [1.82, 2.24) is 10.2 Å². The molecule has 0 saturated heterocycles. The zero-order valence-electron chi connectivity index (χ0n) is 42.5. The van der Waals surface area contributed by atoms with Gasteiger partial charge in [0.1, 0.15) is 17.8 Å². The molecule has 3 amide bonds. The van der Waals surface area contributed by atoms with Crippen LogP contribution >= 0.6 is 34.8 Å². The van der Waals surface area contributed by atoms with Crippen molar-refractivity contribution < 1.29 is 44.1 Å². The van der Waals surface area contributed by atoms with Gasteiger partial charge in [-0.2, -0.15) is 0 Å². The van der Waals surface area contributed by atoms with E-state index in [2.05, 4.69) is 10.6 Å². The number of nitrogens with one attached hydrogen (secondary N) is 2. The van der Waals surface area contributed by atoms with Crippen LogP contribution < -0.4 is 10.6 Å². The summed E-state index contributed by atoms with van der Waals surface area (Å²) in [4.78, 5) is 72.2. The highest BCUT2D eigenvalue weighted by Gasteiger charge is 2.29. The van der Waals surface area contributed by atoms with E-state index < -0.39 is 47.5 Å². The van der Waals surface area contributed by atoms with Gasteiger partial charge in [-0.25, -0.2) is 0 Å². The Morgan fingerprint density at radius 2 is 0.784 bits per heavy atom. The SMILES string of the molecule is CCN(CC)C(=O)C(CCCCCc1ccc(Cl)cc1)C(=O)O.O=C(O)C(CCCCCc1ccc(Cl)cc1)C(=O)NCc1ccccc1.O=C(O)C(CCCCCc1ccc(Cl)cc1)C(=O)Nc1ccccc1. The van der Waals surface area contributed by atoms with E-state index >= 15 is 0 Å². The molecule has 0 heterocycles. The molecule has 3 atom stereocenters. The Hall–Kier alpha value is -6.21. The molecule has 0 spiro atoms. The number of aryl methyl sites for hydroxylation is 3. The number of aliphatic carboxylic acids is 3. The molecule has 0 fully saturated rings. The number of nitrogens with zero attached hydrogens (tertiary/aromatic N) is 1. The van der Waals surface area contributed by atoms with Crippen molar-refractivity contribution in [1.29, 1.82) is 0 Å². The molecule has 74 heavy (non-hydrogen) atoms. The molecule has 0 aliphatic heterocycles. The van der Waals surface area contributed by atoms with Crippen molar-refractivity contribution in [3.8, 4) is 0 Å². The van der Waals surface area contributed by atoms with E-state index in [0.29, 0.717) is 57.4 Å². The molecule has 5 N–H and O–H groups in total. The maximum atomic E-state index is 12.2. The summed E-state index contributed by atoms with van der Waals surface area (Å²) in [6.45, 7) is 5.18. The molecule has 5 aromatic rings. The molecule has 3 unspecified atom stereocenters. The summed E-state index contributed by atoms with van der Waals surface area (Å²) in [5, 5.41) is 35.5. The fourth-order valence-electron chi connectivity index (χ4n) is 8.02. The molecular formula is C59H72Cl3N3O9. The molecule has 15 heteroatoms. The number of unbranched alkanes of at least 4 members (excludes halogenated alkanes) is 6. The average Bonchev–Trinajstić information content (AvgIpc) is 3.39. The molecule has 0 bridgehead atoms. The van der Waals surface area contributed by atoms with E-state index in [4.69, 9.17) is 34.8 Å². The minimum Gasteiger partial charge on any atom is -0.481 e. The number of amides is 3. The second-order valence-corrected chi connectivity index (χ2v) is 19.2. The van der Waals surface area contributed by atoms with E-state index in [-0.39, 0.29) is 5.91 Å². The lowest BCUT2D eigenvalue weighted by atomic mass is 9.98. The first-order chi connectivity index (χ1) is 35.6. The van der Waals surface area contributed by atoms with Gasteiger partial charge < -0.3 is 30.9 Å². The molecule has 12 nitrogen and oxygen atoms in total. The summed E-state index contributed by atoms with van der Waals surface area (Å²) in [5.74, 6) is -7.22. The number of carbonyl (C=O) groups is 6. The fourth-order valence-corrected chi connectivity index (χ4v) is 8.40. The smallest absolute Gasteiger partial charge is 0.316 e. The Balaban J connectivity index is 0.000000293. The monoisotopic (exact) mass is 1070 g/mol. The van der Waals surface area contributed by atoms with Crippen LogP contribution in [0.2, 0.25) is 15.1 Å². The van der Waals surface area contributed by atoms with E-state index in [1.54, 1.807) is 29.2 Å². The fraction of sp³-hybridized carbons (Fsp3) is 0.390.